The minimum atomic E-state index is -0.431. The molecule has 4 heteroatoms. The average Bonchev–Trinajstić information content (AvgIpc) is 2.37. The third-order valence-corrected chi connectivity index (χ3v) is 3.04. The van der Waals surface area contributed by atoms with E-state index in [1.54, 1.807) is 11.0 Å². The standard InChI is InChI=1S/C16H26N2O2/c1-6-13(2)7-10-17-14-8-11-18(12-9-14)15(19)20-16(3,4)5/h6-7,10,14,17H,1-2,8-9,11-12H2,3-5H3/b10-7-. The molecule has 0 aliphatic carbocycles. The fourth-order valence-electron chi connectivity index (χ4n) is 1.91. The maximum atomic E-state index is 11.9. The first kappa shape index (κ1) is 16.3. The molecule has 0 atom stereocenters. The van der Waals surface area contributed by atoms with Crippen molar-refractivity contribution in [2.75, 3.05) is 13.1 Å². The van der Waals surface area contributed by atoms with Crippen molar-refractivity contribution in [1.29, 1.82) is 0 Å². The number of piperidine rings is 1. The summed E-state index contributed by atoms with van der Waals surface area (Å²) in [6.45, 7) is 14.6. The van der Waals surface area contributed by atoms with Gasteiger partial charge < -0.3 is 15.0 Å². The smallest absolute Gasteiger partial charge is 0.410 e. The number of amides is 1. The predicted molar refractivity (Wildman–Crippen MR) is 82.4 cm³/mol. The first-order chi connectivity index (χ1) is 9.31. The zero-order valence-electron chi connectivity index (χ0n) is 12.8. The monoisotopic (exact) mass is 278 g/mol. The van der Waals surface area contributed by atoms with Crippen LogP contribution in [-0.2, 0) is 4.74 Å². The molecule has 0 aromatic rings. The summed E-state index contributed by atoms with van der Waals surface area (Å²) in [7, 11) is 0. The Labute approximate surface area is 122 Å². The Kier molecular flexibility index (Phi) is 5.86. The van der Waals surface area contributed by atoms with E-state index in [0.29, 0.717) is 6.04 Å². The molecule has 1 fully saturated rings. The summed E-state index contributed by atoms with van der Waals surface area (Å²) in [5.74, 6) is 0. The van der Waals surface area contributed by atoms with Gasteiger partial charge in [-0.1, -0.05) is 19.2 Å². The normalized spacial score (nSPS) is 17.1. The van der Waals surface area contributed by atoms with Crippen molar-refractivity contribution in [3.05, 3.63) is 37.1 Å². The molecule has 112 valence electrons. The molecule has 0 bridgehead atoms. The van der Waals surface area contributed by atoms with E-state index >= 15 is 0 Å². The second-order valence-corrected chi connectivity index (χ2v) is 6.02. The van der Waals surface area contributed by atoms with Crippen LogP contribution in [0.5, 0.6) is 0 Å². The number of hydrogen-bond acceptors (Lipinski definition) is 3. The third kappa shape index (κ3) is 5.95. The summed E-state index contributed by atoms with van der Waals surface area (Å²) >= 11 is 0. The van der Waals surface area contributed by atoms with Gasteiger partial charge in [-0.2, -0.15) is 0 Å². The molecule has 0 saturated carbocycles. The van der Waals surface area contributed by atoms with Crippen LogP contribution in [-0.4, -0.2) is 35.7 Å². The topological polar surface area (TPSA) is 41.6 Å². The molecule has 1 aliphatic rings. The van der Waals surface area contributed by atoms with Gasteiger partial charge >= 0.3 is 6.09 Å². The second-order valence-electron chi connectivity index (χ2n) is 6.02. The zero-order chi connectivity index (χ0) is 15.2. The molecule has 0 aromatic heterocycles. The second kappa shape index (κ2) is 7.17. The summed E-state index contributed by atoms with van der Waals surface area (Å²) in [5.41, 5.74) is 0.448. The Bertz CT molecular complexity index is 386. The highest BCUT2D eigenvalue weighted by atomic mass is 16.6. The Balaban J connectivity index is 2.33. The van der Waals surface area contributed by atoms with E-state index < -0.39 is 5.60 Å². The fraction of sp³-hybridized carbons (Fsp3) is 0.562. The van der Waals surface area contributed by atoms with Gasteiger partial charge in [0.1, 0.15) is 5.60 Å². The summed E-state index contributed by atoms with van der Waals surface area (Å²) in [6.07, 6.45) is 7.13. The summed E-state index contributed by atoms with van der Waals surface area (Å²) < 4.78 is 5.37. The van der Waals surface area contributed by atoms with Crippen LogP contribution in [0.4, 0.5) is 4.79 Å². The third-order valence-electron chi connectivity index (χ3n) is 3.04. The van der Waals surface area contributed by atoms with Crippen molar-refractivity contribution < 1.29 is 9.53 Å². The minimum absolute atomic E-state index is 0.216. The maximum Gasteiger partial charge on any atom is 0.410 e. The highest BCUT2D eigenvalue weighted by molar-refractivity contribution is 5.68. The molecule has 1 amide bonds. The van der Waals surface area contributed by atoms with Gasteiger partial charge in [0.05, 0.1) is 0 Å². The van der Waals surface area contributed by atoms with Crippen LogP contribution in [0.15, 0.2) is 37.1 Å². The summed E-state index contributed by atoms with van der Waals surface area (Å²) in [4.78, 5) is 13.7. The highest BCUT2D eigenvalue weighted by Gasteiger charge is 2.26. The fourth-order valence-corrected chi connectivity index (χ4v) is 1.91. The lowest BCUT2D eigenvalue weighted by molar-refractivity contribution is 0.0201. The molecule has 0 radical (unpaired) electrons. The van der Waals surface area contributed by atoms with Gasteiger partial charge in [-0.3, -0.25) is 0 Å². The van der Waals surface area contributed by atoms with Crippen molar-refractivity contribution in [2.45, 2.75) is 45.3 Å². The van der Waals surface area contributed by atoms with Gasteiger partial charge in [-0.05, 0) is 51.5 Å². The molecule has 1 saturated heterocycles. The van der Waals surface area contributed by atoms with Crippen LogP contribution >= 0.6 is 0 Å². The van der Waals surface area contributed by atoms with E-state index in [1.165, 1.54) is 0 Å². The summed E-state index contributed by atoms with van der Waals surface area (Å²) in [5, 5.41) is 3.33. The molecule has 1 N–H and O–H groups in total. The average molecular weight is 278 g/mol. The lowest BCUT2D eigenvalue weighted by atomic mass is 10.1. The van der Waals surface area contributed by atoms with E-state index in [1.807, 2.05) is 33.0 Å². The largest absolute Gasteiger partial charge is 0.444 e. The molecule has 0 spiro atoms. The van der Waals surface area contributed by atoms with E-state index in [0.717, 1.165) is 31.5 Å². The van der Waals surface area contributed by atoms with Crippen LogP contribution in [0, 0.1) is 0 Å². The van der Waals surface area contributed by atoms with Crippen LogP contribution < -0.4 is 5.32 Å². The van der Waals surface area contributed by atoms with Crippen LogP contribution in [0.1, 0.15) is 33.6 Å². The molecule has 4 nitrogen and oxygen atoms in total. The molecule has 0 aromatic carbocycles. The maximum absolute atomic E-state index is 11.9. The van der Waals surface area contributed by atoms with E-state index in [9.17, 15) is 4.79 Å². The molecule has 20 heavy (non-hydrogen) atoms. The number of nitrogens with zero attached hydrogens (tertiary/aromatic N) is 1. The number of hydrogen-bond donors (Lipinski definition) is 1. The number of allylic oxidation sites excluding steroid dienone is 3. The number of ether oxygens (including phenoxy) is 1. The van der Waals surface area contributed by atoms with Gasteiger partial charge in [0.2, 0.25) is 0 Å². The van der Waals surface area contributed by atoms with E-state index in [4.69, 9.17) is 4.74 Å². The SMILES string of the molecule is C=CC(=C)/C=C\NC1CCN(C(=O)OC(C)(C)C)CC1. The molecular weight excluding hydrogens is 252 g/mol. The van der Waals surface area contributed by atoms with Crippen LogP contribution in [0.3, 0.4) is 0 Å². The number of carbonyl (C=O) groups excluding carboxylic acids is 1. The predicted octanol–water partition coefficient (Wildman–Crippen LogP) is 3.23. The van der Waals surface area contributed by atoms with Gasteiger partial charge in [-0.25, -0.2) is 4.79 Å². The van der Waals surface area contributed by atoms with Crippen molar-refractivity contribution >= 4 is 6.09 Å². The van der Waals surface area contributed by atoms with Crippen LogP contribution in [0.2, 0.25) is 0 Å². The summed E-state index contributed by atoms with van der Waals surface area (Å²) in [6, 6.07) is 0.391. The quantitative estimate of drug-likeness (QED) is 0.803. The van der Waals surface area contributed by atoms with E-state index in [2.05, 4.69) is 18.5 Å². The lowest BCUT2D eigenvalue weighted by Crippen LogP contribution is -2.45. The Morgan fingerprint density at radius 2 is 1.95 bits per heavy atom. The highest BCUT2D eigenvalue weighted by Crippen LogP contribution is 2.15. The molecular formula is C16H26N2O2. The van der Waals surface area contributed by atoms with E-state index in [-0.39, 0.29) is 6.09 Å². The Hall–Kier alpha value is -1.71. The van der Waals surface area contributed by atoms with Gasteiger partial charge in [0, 0.05) is 19.1 Å². The minimum Gasteiger partial charge on any atom is -0.444 e. The van der Waals surface area contributed by atoms with Gasteiger partial charge in [0.25, 0.3) is 0 Å². The van der Waals surface area contributed by atoms with Crippen molar-refractivity contribution in [2.24, 2.45) is 0 Å². The number of rotatable bonds is 4. The first-order valence-corrected chi connectivity index (χ1v) is 7.03. The zero-order valence-corrected chi connectivity index (χ0v) is 12.8. The van der Waals surface area contributed by atoms with Gasteiger partial charge in [-0.15, -0.1) is 0 Å². The van der Waals surface area contributed by atoms with Crippen molar-refractivity contribution in [3.63, 3.8) is 0 Å². The molecule has 1 heterocycles. The molecule has 1 rings (SSSR count). The molecule has 1 aliphatic heterocycles. The van der Waals surface area contributed by atoms with Crippen molar-refractivity contribution in [3.8, 4) is 0 Å². The number of carbonyl (C=O) groups is 1. The first-order valence-electron chi connectivity index (χ1n) is 7.03. The number of nitrogens with one attached hydrogen (secondary N) is 1. The Morgan fingerprint density at radius 1 is 1.35 bits per heavy atom. The lowest BCUT2D eigenvalue weighted by Gasteiger charge is -2.33. The van der Waals surface area contributed by atoms with Crippen molar-refractivity contribution in [1.82, 2.24) is 10.2 Å². The Morgan fingerprint density at radius 3 is 2.45 bits per heavy atom. The van der Waals surface area contributed by atoms with Gasteiger partial charge in [0.15, 0.2) is 0 Å². The molecule has 0 unspecified atom stereocenters. The number of likely N-dealkylation sites (tertiary alicyclic amines) is 1. The van der Waals surface area contributed by atoms with Crippen LogP contribution in [0.25, 0.3) is 0 Å².